The highest BCUT2D eigenvalue weighted by molar-refractivity contribution is 7.14. The summed E-state index contributed by atoms with van der Waals surface area (Å²) in [5.74, 6) is -2.34. The fraction of sp³-hybridized carbons (Fsp3) is 0.0556. The van der Waals surface area contributed by atoms with E-state index in [9.17, 15) is 18.4 Å². The molecule has 1 heterocycles. The predicted octanol–water partition coefficient (Wildman–Crippen LogP) is 4.54. The molecule has 0 radical (unpaired) electrons. The number of nitrogens with one attached hydrogen (secondary N) is 1. The van der Waals surface area contributed by atoms with Crippen LogP contribution in [-0.4, -0.2) is 16.7 Å². The molecule has 0 atom stereocenters. The number of halogens is 2. The zero-order chi connectivity index (χ0) is 18.0. The number of hydrogen-bond acceptors (Lipinski definition) is 4. The molecule has 0 spiro atoms. The van der Waals surface area contributed by atoms with E-state index in [0.29, 0.717) is 27.5 Å². The van der Waals surface area contributed by atoms with Gasteiger partial charge in [0.05, 0.1) is 5.69 Å². The summed E-state index contributed by atoms with van der Waals surface area (Å²) in [4.78, 5) is 27.6. The summed E-state index contributed by atoms with van der Waals surface area (Å²) in [5.41, 5.74) is 1.76. The monoisotopic (exact) mass is 358 g/mol. The van der Waals surface area contributed by atoms with Crippen LogP contribution in [0.15, 0.2) is 47.8 Å². The lowest BCUT2D eigenvalue weighted by Gasteiger charge is -2.02. The number of ketones is 1. The van der Waals surface area contributed by atoms with Crippen LogP contribution in [0.25, 0.3) is 11.3 Å². The molecule has 0 aliphatic carbocycles. The van der Waals surface area contributed by atoms with Crippen LogP contribution in [0.4, 0.5) is 13.9 Å². The lowest BCUT2D eigenvalue weighted by molar-refractivity contribution is 0.100. The Balaban J connectivity index is 1.75. The van der Waals surface area contributed by atoms with Crippen molar-refractivity contribution in [2.24, 2.45) is 0 Å². The largest absolute Gasteiger partial charge is 0.298 e. The standard InChI is InChI=1S/C18H12F2N2O2S/c1-10(23)11-2-4-12(5-3-11)17(24)22-18-21-16(9-25-18)13-6-7-14(19)15(20)8-13/h2-9H,1H3,(H,21,22,24). The first kappa shape index (κ1) is 16.9. The molecule has 0 unspecified atom stereocenters. The van der Waals surface area contributed by atoms with Crippen LogP contribution in [0, 0.1) is 11.6 Å². The number of amides is 1. The number of hydrogen-bond donors (Lipinski definition) is 1. The van der Waals surface area contributed by atoms with E-state index < -0.39 is 11.6 Å². The Morgan fingerprint density at radius 2 is 1.68 bits per heavy atom. The van der Waals surface area contributed by atoms with Gasteiger partial charge in [-0.2, -0.15) is 0 Å². The normalized spacial score (nSPS) is 10.5. The highest BCUT2D eigenvalue weighted by Crippen LogP contribution is 2.26. The van der Waals surface area contributed by atoms with Crippen LogP contribution in [0.2, 0.25) is 0 Å². The first-order valence-corrected chi connectivity index (χ1v) is 8.15. The number of carbonyl (C=O) groups excluding carboxylic acids is 2. The molecule has 0 aliphatic rings. The average Bonchev–Trinajstić information content (AvgIpc) is 3.06. The highest BCUT2D eigenvalue weighted by atomic mass is 32.1. The number of rotatable bonds is 4. The zero-order valence-electron chi connectivity index (χ0n) is 13.0. The van der Waals surface area contributed by atoms with Gasteiger partial charge >= 0.3 is 0 Å². The first-order chi connectivity index (χ1) is 11.9. The SMILES string of the molecule is CC(=O)c1ccc(C(=O)Nc2nc(-c3ccc(F)c(F)c3)cs2)cc1. The van der Waals surface area contributed by atoms with E-state index in [2.05, 4.69) is 10.3 Å². The van der Waals surface area contributed by atoms with Gasteiger partial charge in [0, 0.05) is 22.1 Å². The van der Waals surface area contributed by atoms with Crippen LogP contribution >= 0.6 is 11.3 Å². The molecule has 0 aliphatic heterocycles. The number of anilines is 1. The maximum atomic E-state index is 13.3. The maximum Gasteiger partial charge on any atom is 0.257 e. The summed E-state index contributed by atoms with van der Waals surface area (Å²) in [6.45, 7) is 1.45. The van der Waals surface area contributed by atoms with Crippen molar-refractivity contribution in [2.75, 3.05) is 5.32 Å². The molecule has 3 rings (SSSR count). The minimum Gasteiger partial charge on any atom is -0.298 e. The summed E-state index contributed by atoms with van der Waals surface area (Å²) >= 11 is 1.17. The fourth-order valence-electron chi connectivity index (χ4n) is 2.14. The summed E-state index contributed by atoms with van der Waals surface area (Å²) in [6, 6.07) is 9.75. The number of benzene rings is 2. The Kier molecular flexibility index (Phi) is 4.67. The lowest BCUT2D eigenvalue weighted by Crippen LogP contribution is -2.11. The minimum absolute atomic E-state index is 0.0805. The molecule has 25 heavy (non-hydrogen) atoms. The van der Waals surface area contributed by atoms with Crippen molar-refractivity contribution in [3.63, 3.8) is 0 Å². The molecular formula is C18H12F2N2O2S. The lowest BCUT2D eigenvalue weighted by atomic mass is 10.1. The number of aromatic nitrogens is 1. The molecule has 1 aromatic heterocycles. The van der Waals surface area contributed by atoms with Crippen molar-refractivity contribution in [3.8, 4) is 11.3 Å². The van der Waals surface area contributed by atoms with E-state index in [1.54, 1.807) is 29.6 Å². The average molecular weight is 358 g/mol. The minimum atomic E-state index is -0.957. The van der Waals surface area contributed by atoms with Crippen LogP contribution in [-0.2, 0) is 0 Å². The van der Waals surface area contributed by atoms with Gasteiger partial charge in [-0.05, 0) is 37.3 Å². The van der Waals surface area contributed by atoms with E-state index in [1.807, 2.05) is 0 Å². The van der Waals surface area contributed by atoms with Crippen LogP contribution in [0.5, 0.6) is 0 Å². The maximum absolute atomic E-state index is 13.3. The first-order valence-electron chi connectivity index (χ1n) is 7.27. The van der Waals surface area contributed by atoms with Crippen molar-refractivity contribution in [1.82, 2.24) is 4.98 Å². The van der Waals surface area contributed by atoms with Crippen LogP contribution in [0.3, 0.4) is 0 Å². The summed E-state index contributed by atoms with van der Waals surface area (Å²) in [7, 11) is 0. The Morgan fingerprint density at radius 3 is 2.32 bits per heavy atom. The molecule has 3 aromatic rings. The summed E-state index contributed by atoms with van der Waals surface area (Å²) in [6.07, 6.45) is 0. The van der Waals surface area contributed by atoms with Crippen molar-refractivity contribution in [3.05, 3.63) is 70.6 Å². The molecule has 0 bridgehead atoms. The molecule has 0 fully saturated rings. The van der Waals surface area contributed by atoms with Crippen molar-refractivity contribution in [1.29, 1.82) is 0 Å². The highest BCUT2D eigenvalue weighted by Gasteiger charge is 2.12. The fourth-order valence-corrected chi connectivity index (χ4v) is 2.86. The van der Waals surface area contributed by atoms with Gasteiger partial charge in [-0.3, -0.25) is 14.9 Å². The second-order valence-electron chi connectivity index (χ2n) is 5.25. The molecule has 1 N–H and O–H groups in total. The van der Waals surface area contributed by atoms with E-state index in [1.165, 1.54) is 24.3 Å². The van der Waals surface area contributed by atoms with E-state index in [4.69, 9.17) is 0 Å². The van der Waals surface area contributed by atoms with Gasteiger partial charge in [-0.1, -0.05) is 12.1 Å². The predicted molar refractivity (Wildman–Crippen MR) is 91.9 cm³/mol. The van der Waals surface area contributed by atoms with Gasteiger partial charge in [-0.25, -0.2) is 13.8 Å². The molecule has 2 aromatic carbocycles. The van der Waals surface area contributed by atoms with Gasteiger partial charge in [0.25, 0.3) is 5.91 Å². The third-order valence-electron chi connectivity index (χ3n) is 3.49. The van der Waals surface area contributed by atoms with Gasteiger partial charge in [0.1, 0.15) is 0 Å². The van der Waals surface area contributed by atoms with Crippen LogP contribution < -0.4 is 5.32 Å². The molecule has 4 nitrogen and oxygen atoms in total. The van der Waals surface area contributed by atoms with Gasteiger partial charge in [0.15, 0.2) is 22.5 Å². The Bertz CT molecular complexity index is 952. The third kappa shape index (κ3) is 3.77. The molecule has 126 valence electrons. The number of carbonyl (C=O) groups is 2. The van der Waals surface area contributed by atoms with Gasteiger partial charge in [-0.15, -0.1) is 11.3 Å². The third-order valence-corrected chi connectivity index (χ3v) is 4.25. The summed E-state index contributed by atoms with van der Waals surface area (Å²) in [5, 5.41) is 4.61. The number of nitrogens with zero attached hydrogens (tertiary/aromatic N) is 1. The molecule has 1 amide bonds. The smallest absolute Gasteiger partial charge is 0.257 e. The quantitative estimate of drug-likeness (QED) is 0.697. The second kappa shape index (κ2) is 6.90. The second-order valence-corrected chi connectivity index (χ2v) is 6.11. The van der Waals surface area contributed by atoms with Crippen molar-refractivity contribution in [2.45, 2.75) is 6.92 Å². The van der Waals surface area contributed by atoms with Crippen molar-refractivity contribution >= 4 is 28.2 Å². The van der Waals surface area contributed by atoms with Crippen molar-refractivity contribution < 1.29 is 18.4 Å². The van der Waals surface area contributed by atoms with E-state index >= 15 is 0 Å². The summed E-state index contributed by atoms with van der Waals surface area (Å²) < 4.78 is 26.3. The topological polar surface area (TPSA) is 59.1 Å². The molecule has 0 saturated heterocycles. The number of Topliss-reactive ketones (excluding diaryl/α,β-unsaturated/α-hetero) is 1. The Hall–Kier alpha value is -2.93. The molecular weight excluding hydrogens is 346 g/mol. The molecule has 0 saturated carbocycles. The van der Waals surface area contributed by atoms with Gasteiger partial charge < -0.3 is 0 Å². The Morgan fingerprint density at radius 1 is 1.00 bits per heavy atom. The van der Waals surface area contributed by atoms with Gasteiger partial charge in [0.2, 0.25) is 0 Å². The van der Waals surface area contributed by atoms with Crippen LogP contribution in [0.1, 0.15) is 27.6 Å². The Labute approximate surface area is 146 Å². The number of thiazole rings is 1. The van der Waals surface area contributed by atoms with E-state index in [0.717, 1.165) is 12.1 Å². The zero-order valence-corrected chi connectivity index (χ0v) is 13.9. The molecule has 7 heteroatoms. The van der Waals surface area contributed by atoms with E-state index in [-0.39, 0.29) is 11.7 Å².